The third-order valence-corrected chi connectivity index (χ3v) is 1.51. The van der Waals surface area contributed by atoms with Gasteiger partial charge in [-0.15, -0.1) is 0 Å². The minimum Gasteiger partial charge on any atom is -0.245 e. The first-order valence-electron chi connectivity index (χ1n) is 2.56. The van der Waals surface area contributed by atoms with Gasteiger partial charge in [0.05, 0.1) is 11.3 Å². The highest BCUT2D eigenvalue weighted by Crippen LogP contribution is 2.03. The lowest BCUT2D eigenvalue weighted by molar-refractivity contribution is 0.701. The first-order valence-corrected chi connectivity index (χ1v) is 3.74. The summed E-state index contributed by atoms with van der Waals surface area (Å²) in [6, 6.07) is 3.35. The highest BCUT2D eigenvalue weighted by molar-refractivity contribution is 7.65. The first kappa shape index (κ1) is 7.44. The van der Waals surface area contributed by atoms with E-state index in [0.717, 1.165) is 5.56 Å². The van der Waals surface area contributed by atoms with Gasteiger partial charge in [0.2, 0.25) is 0 Å². The van der Waals surface area contributed by atoms with Gasteiger partial charge in [-0.25, -0.2) is 9.19 Å². The van der Waals surface area contributed by atoms with Crippen molar-refractivity contribution in [1.82, 2.24) is 4.98 Å². The summed E-state index contributed by atoms with van der Waals surface area (Å²) < 4.78 is 10.0. The van der Waals surface area contributed by atoms with Crippen molar-refractivity contribution >= 4 is 28.2 Å². The molecule has 0 saturated carbocycles. The molecule has 0 N–H and O–H groups in total. The Morgan fingerprint density at radius 3 is 3.10 bits per heavy atom. The van der Waals surface area contributed by atoms with E-state index in [1.165, 1.54) is 5.37 Å². The van der Waals surface area contributed by atoms with Gasteiger partial charge in [-0.1, -0.05) is 11.6 Å². The molecule has 0 amide bonds. The van der Waals surface area contributed by atoms with E-state index in [1.807, 2.05) is 0 Å². The van der Waals surface area contributed by atoms with Gasteiger partial charge in [-0.3, -0.25) is 0 Å². The van der Waals surface area contributed by atoms with Crippen LogP contribution < -0.4 is 0 Å². The number of nitrogens with zero attached hydrogens (tertiary/aromatic N) is 1. The molecular formula is C6H4ClNOS. The van der Waals surface area contributed by atoms with Crippen LogP contribution in [0.3, 0.4) is 0 Å². The molecule has 2 nitrogen and oxygen atoms in total. The normalized spacial score (nSPS) is 8.90. The molecule has 1 rings (SSSR count). The topological polar surface area (TPSA) is 30.0 Å². The molecule has 0 bridgehead atoms. The predicted molar refractivity (Wildman–Crippen MR) is 42.6 cm³/mol. The van der Waals surface area contributed by atoms with Gasteiger partial charge in [0.25, 0.3) is 0 Å². The van der Waals surface area contributed by atoms with E-state index in [-0.39, 0.29) is 0 Å². The average Bonchev–Trinajstić information content (AvgIpc) is 1.88. The third-order valence-electron chi connectivity index (χ3n) is 0.935. The van der Waals surface area contributed by atoms with Crippen molar-refractivity contribution in [3.05, 3.63) is 29.0 Å². The summed E-state index contributed by atoms with van der Waals surface area (Å²) in [5.41, 5.74) is 0.792. The molecule has 1 heterocycles. The first-order chi connectivity index (χ1) is 4.83. The number of pyridine rings is 1. The number of hydrogen-bond acceptors (Lipinski definition) is 2. The molecule has 0 fully saturated rings. The van der Waals surface area contributed by atoms with Crippen LogP contribution >= 0.6 is 11.6 Å². The van der Waals surface area contributed by atoms with Crippen LogP contribution in [0.5, 0.6) is 0 Å². The van der Waals surface area contributed by atoms with E-state index >= 15 is 0 Å². The maximum Gasteiger partial charge on any atom is 0.129 e. The molecule has 1 aromatic rings. The standard InChI is InChI=1S/C6H4ClNOS/c7-6-3-5(4-10-9)1-2-8-6/h1-4H. The number of aromatic nitrogens is 1. The van der Waals surface area contributed by atoms with Crippen molar-refractivity contribution in [1.29, 1.82) is 0 Å². The second-order valence-corrected chi connectivity index (χ2v) is 2.44. The van der Waals surface area contributed by atoms with Crippen LogP contribution in [0.25, 0.3) is 0 Å². The fraction of sp³-hybridized carbons (Fsp3) is 0. The summed E-state index contributed by atoms with van der Waals surface area (Å²) in [6.07, 6.45) is 1.56. The van der Waals surface area contributed by atoms with Gasteiger partial charge in [0, 0.05) is 11.6 Å². The van der Waals surface area contributed by atoms with Crippen LogP contribution in [-0.2, 0) is 11.3 Å². The van der Waals surface area contributed by atoms with E-state index in [2.05, 4.69) is 4.98 Å². The molecule has 0 saturated heterocycles. The van der Waals surface area contributed by atoms with Crippen LogP contribution in [-0.4, -0.2) is 14.6 Å². The van der Waals surface area contributed by atoms with Gasteiger partial charge >= 0.3 is 0 Å². The monoisotopic (exact) mass is 173 g/mol. The lowest BCUT2D eigenvalue weighted by atomic mass is 10.3. The Bertz CT molecular complexity index is 283. The second-order valence-electron chi connectivity index (χ2n) is 1.63. The van der Waals surface area contributed by atoms with Gasteiger partial charge in [0.1, 0.15) is 5.15 Å². The van der Waals surface area contributed by atoms with Crippen LogP contribution in [0.4, 0.5) is 0 Å². The Labute approximate surface area is 66.9 Å². The smallest absolute Gasteiger partial charge is 0.129 e. The Morgan fingerprint density at radius 1 is 1.70 bits per heavy atom. The Morgan fingerprint density at radius 2 is 2.50 bits per heavy atom. The Hall–Kier alpha value is -0.670. The predicted octanol–water partition coefficient (Wildman–Crippen LogP) is 1.10. The van der Waals surface area contributed by atoms with Crippen molar-refractivity contribution < 1.29 is 4.21 Å². The zero-order valence-corrected chi connectivity index (χ0v) is 6.52. The van der Waals surface area contributed by atoms with Crippen molar-refractivity contribution in [2.75, 3.05) is 0 Å². The van der Waals surface area contributed by atoms with Crippen LogP contribution in [0.15, 0.2) is 18.3 Å². The molecule has 0 spiro atoms. The maximum absolute atomic E-state index is 10.0. The van der Waals surface area contributed by atoms with E-state index in [0.29, 0.717) is 16.4 Å². The SMILES string of the molecule is O=S=Cc1ccnc(Cl)c1. The number of rotatable bonds is 1. The number of hydrogen-bond donors (Lipinski definition) is 0. The summed E-state index contributed by atoms with van der Waals surface area (Å²) in [5, 5.41) is 1.87. The fourth-order valence-electron chi connectivity index (χ4n) is 0.546. The molecule has 1 aromatic heterocycles. The van der Waals surface area contributed by atoms with Crippen molar-refractivity contribution in [3.8, 4) is 0 Å². The van der Waals surface area contributed by atoms with Gasteiger partial charge in [-0.05, 0) is 17.7 Å². The lowest BCUT2D eigenvalue weighted by Gasteiger charge is -1.88. The lowest BCUT2D eigenvalue weighted by Crippen LogP contribution is -1.80. The third kappa shape index (κ3) is 1.93. The van der Waals surface area contributed by atoms with E-state index in [1.54, 1.807) is 18.3 Å². The minimum absolute atomic E-state index is 0.402. The molecule has 0 radical (unpaired) electrons. The highest BCUT2D eigenvalue weighted by atomic mass is 35.5. The minimum atomic E-state index is 0.402. The Kier molecular flexibility index (Phi) is 2.59. The quantitative estimate of drug-likeness (QED) is 0.470. The molecule has 0 unspecified atom stereocenters. The van der Waals surface area contributed by atoms with Crippen LogP contribution in [0.2, 0.25) is 5.15 Å². The molecule has 4 heteroatoms. The van der Waals surface area contributed by atoms with Gasteiger partial charge in [0.15, 0.2) is 0 Å². The van der Waals surface area contributed by atoms with Crippen molar-refractivity contribution in [3.63, 3.8) is 0 Å². The Balaban J connectivity index is 3.06. The number of halogens is 1. The summed E-state index contributed by atoms with van der Waals surface area (Å²) in [7, 11) is 0. The van der Waals surface area contributed by atoms with E-state index in [9.17, 15) is 4.21 Å². The molecule has 0 aliphatic rings. The highest BCUT2D eigenvalue weighted by Gasteiger charge is 1.88. The molecule has 0 atom stereocenters. The van der Waals surface area contributed by atoms with E-state index in [4.69, 9.17) is 11.6 Å². The second kappa shape index (κ2) is 3.49. The summed E-state index contributed by atoms with van der Waals surface area (Å²) >= 11 is 5.94. The molecule has 0 aliphatic carbocycles. The molecule has 0 aromatic carbocycles. The van der Waals surface area contributed by atoms with Gasteiger partial charge < -0.3 is 0 Å². The van der Waals surface area contributed by atoms with Gasteiger partial charge in [-0.2, -0.15) is 0 Å². The zero-order valence-electron chi connectivity index (χ0n) is 4.95. The molecule has 52 valence electrons. The zero-order chi connectivity index (χ0) is 7.40. The van der Waals surface area contributed by atoms with Crippen molar-refractivity contribution in [2.45, 2.75) is 0 Å². The largest absolute Gasteiger partial charge is 0.245 e. The summed E-state index contributed by atoms with van der Waals surface area (Å²) in [6.45, 7) is 0. The molecular weight excluding hydrogens is 170 g/mol. The maximum atomic E-state index is 10.0. The molecule has 0 aliphatic heterocycles. The summed E-state index contributed by atoms with van der Waals surface area (Å²) in [4.78, 5) is 3.76. The molecule has 10 heavy (non-hydrogen) atoms. The van der Waals surface area contributed by atoms with E-state index < -0.39 is 0 Å². The average molecular weight is 174 g/mol. The summed E-state index contributed by atoms with van der Waals surface area (Å²) in [5.74, 6) is 0. The van der Waals surface area contributed by atoms with Crippen LogP contribution in [0, 0.1) is 0 Å². The fourth-order valence-corrected chi connectivity index (χ4v) is 0.986. The van der Waals surface area contributed by atoms with Crippen molar-refractivity contribution in [2.24, 2.45) is 0 Å². The van der Waals surface area contributed by atoms with Crippen LogP contribution in [0.1, 0.15) is 5.56 Å².